The Morgan fingerprint density at radius 1 is 1.12 bits per heavy atom. The molecule has 1 N–H and O–H groups in total. The zero-order valence-corrected chi connectivity index (χ0v) is 11.2. The van der Waals surface area contributed by atoms with Crippen LogP contribution in [0.15, 0.2) is 17.7 Å². The number of hydrogen-bond donors (Lipinski definition) is 1. The van der Waals surface area contributed by atoms with E-state index in [-0.39, 0.29) is 0 Å². The van der Waals surface area contributed by atoms with Crippen molar-refractivity contribution in [2.75, 3.05) is 0 Å². The van der Waals surface area contributed by atoms with Gasteiger partial charge in [-0.25, -0.2) is 0 Å². The van der Waals surface area contributed by atoms with Gasteiger partial charge in [-0.15, -0.1) is 0 Å². The molecule has 0 heterocycles. The van der Waals surface area contributed by atoms with Gasteiger partial charge in [-0.1, -0.05) is 18.2 Å². The fourth-order valence-electron chi connectivity index (χ4n) is 1.59. The second-order valence-electron chi connectivity index (χ2n) is 5.12. The minimum absolute atomic E-state index is 0.747. The van der Waals surface area contributed by atoms with Gasteiger partial charge in [0.25, 0.3) is 0 Å². The van der Waals surface area contributed by atoms with Crippen molar-refractivity contribution < 1.29 is 5.11 Å². The Bertz CT molecular complexity index is 420. The monoisotopic (exact) mass is 218 g/mol. The van der Waals surface area contributed by atoms with Crippen LogP contribution in [0, 0.1) is 20.8 Å². The lowest BCUT2D eigenvalue weighted by Gasteiger charge is -2.19. The highest BCUT2D eigenvalue weighted by Gasteiger charge is 2.15. The van der Waals surface area contributed by atoms with Crippen LogP contribution in [0.4, 0.5) is 0 Å². The second-order valence-corrected chi connectivity index (χ2v) is 5.12. The number of benzene rings is 1. The fourth-order valence-corrected chi connectivity index (χ4v) is 1.59. The third kappa shape index (κ3) is 2.73. The van der Waals surface area contributed by atoms with E-state index < -0.39 is 5.60 Å². The van der Waals surface area contributed by atoms with E-state index in [2.05, 4.69) is 39.0 Å². The molecule has 0 saturated heterocycles. The summed E-state index contributed by atoms with van der Waals surface area (Å²) in [5, 5.41) is 9.93. The Balaban J connectivity index is 3.30. The molecule has 0 aromatic heterocycles. The van der Waals surface area contributed by atoms with Gasteiger partial charge < -0.3 is 5.11 Å². The van der Waals surface area contributed by atoms with Crippen molar-refractivity contribution in [1.82, 2.24) is 0 Å². The summed E-state index contributed by atoms with van der Waals surface area (Å²) in [6, 6.07) is 4.27. The SMILES string of the molecule is C/C(=C\c1c(C)ccc(C)c1C)C(C)(C)O. The summed E-state index contributed by atoms with van der Waals surface area (Å²) in [4.78, 5) is 0. The number of hydrogen-bond acceptors (Lipinski definition) is 1. The molecule has 88 valence electrons. The lowest BCUT2D eigenvalue weighted by Crippen LogP contribution is -2.19. The van der Waals surface area contributed by atoms with E-state index in [1.807, 2.05) is 20.8 Å². The molecule has 0 spiro atoms. The second kappa shape index (κ2) is 4.42. The molecule has 16 heavy (non-hydrogen) atoms. The van der Waals surface area contributed by atoms with Crippen molar-refractivity contribution >= 4 is 6.08 Å². The molecule has 1 aromatic carbocycles. The van der Waals surface area contributed by atoms with Gasteiger partial charge in [-0.05, 0) is 69.4 Å². The highest BCUT2D eigenvalue weighted by molar-refractivity contribution is 5.62. The van der Waals surface area contributed by atoms with E-state index in [1.165, 1.54) is 22.3 Å². The molecule has 0 amide bonds. The van der Waals surface area contributed by atoms with Crippen LogP contribution in [-0.4, -0.2) is 10.7 Å². The molecule has 0 bridgehead atoms. The molecular formula is C15H22O. The van der Waals surface area contributed by atoms with Crippen LogP contribution in [0.5, 0.6) is 0 Å². The predicted octanol–water partition coefficient (Wildman–Crippen LogP) is 3.79. The molecule has 1 rings (SSSR count). The molecule has 0 aliphatic rings. The third-order valence-corrected chi connectivity index (χ3v) is 3.33. The minimum Gasteiger partial charge on any atom is -0.386 e. The summed E-state index contributed by atoms with van der Waals surface area (Å²) in [6.07, 6.45) is 2.09. The highest BCUT2D eigenvalue weighted by Crippen LogP contribution is 2.24. The van der Waals surface area contributed by atoms with Crippen molar-refractivity contribution in [3.8, 4) is 0 Å². The number of rotatable bonds is 2. The molecule has 0 radical (unpaired) electrons. The van der Waals surface area contributed by atoms with E-state index in [9.17, 15) is 5.11 Å². The van der Waals surface area contributed by atoms with Crippen LogP contribution < -0.4 is 0 Å². The number of aliphatic hydroxyl groups is 1. The molecule has 1 heteroatoms. The molecule has 0 fully saturated rings. The smallest absolute Gasteiger partial charge is 0.0801 e. The van der Waals surface area contributed by atoms with Gasteiger partial charge in [0.1, 0.15) is 0 Å². The lowest BCUT2D eigenvalue weighted by molar-refractivity contribution is 0.121. The maximum atomic E-state index is 9.93. The Labute approximate surface area is 98.8 Å². The summed E-state index contributed by atoms with van der Waals surface area (Å²) in [5.41, 5.74) is 5.32. The van der Waals surface area contributed by atoms with Gasteiger partial charge in [-0.2, -0.15) is 0 Å². The van der Waals surface area contributed by atoms with Gasteiger partial charge in [0.05, 0.1) is 5.60 Å². The zero-order valence-electron chi connectivity index (χ0n) is 11.2. The van der Waals surface area contributed by atoms with Gasteiger partial charge in [-0.3, -0.25) is 0 Å². The van der Waals surface area contributed by atoms with Crippen LogP contribution in [0.2, 0.25) is 0 Å². The molecule has 0 unspecified atom stereocenters. The molecule has 1 aromatic rings. The first kappa shape index (κ1) is 13.0. The van der Waals surface area contributed by atoms with Crippen molar-refractivity contribution in [3.05, 3.63) is 40.0 Å². The maximum Gasteiger partial charge on any atom is 0.0801 e. The van der Waals surface area contributed by atoms with Crippen molar-refractivity contribution in [2.45, 2.75) is 47.1 Å². The zero-order chi connectivity index (χ0) is 12.5. The average Bonchev–Trinajstić information content (AvgIpc) is 2.17. The van der Waals surface area contributed by atoms with E-state index in [0.29, 0.717) is 0 Å². The lowest BCUT2D eigenvalue weighted by atomic mass is 9.92. The Hall–Kier alpha value is -1.08. The first-order chi connectivity index (χ1) is 7.23. The highest BCUT2D eigenvalue weighted by atomic mass is 16.3. The van der Waals surface area contributed by atoms with Gasteiger partial charge in [0, 0.05) is 0 Å². The predicted molar refractivity (Wildman–Crippen MR) is 70.6 cm³/mol. The van der Waals surface area contributed by atoms with Crippen LogP contribution in [-0.2, 0) is 0 Å². The molecule has 0 atom stereocenters. The summed E-state index contributed by atoms with van der Waals surface area (Å²) in [6.45, 7) is 12.0. The molecule has 1 nitrogen and oxygen atoms in total. The minimum atomic E-state index is -0.747. The van der Waals surface area contributed by atoms with Crippen LogP contribution in [0.1, 0.15) is 43.0 Å². The van der Waals surface area contributed by atoms with Gasteiger partial charge in [0.15, 0.2) is 0 Å². The Kier molecular flexibility index (Phi) is 3.59. The summed E-state index contributed by atoms with van der Waals surface area (Å²) in [7, 11) is 0. The molecule has 0 aliphatic carbocycles. The average molecular weight is 218 g/mol. The van der Waals surface area contributed by atoms with Crippen molar-refractivity contribution in [3.63, 3.8) is 0 Å². The van der Waals surface area contributed by atoms with Gasteiger partial charge in [0.2, 0.25) is 0 Å². The van der Waals surface area contributed by atoms with E-state index in [4.69, 9.17) is 0 Å². The number of aryl methyl sites for hydroxylation is 2. The largest absolute Gasteiger partial charge is 0.386 e. The molecule has 0 aliphatic heterocycles. The summed E-state index contributed by atoms with van der Waals surface area (Å²) in [5.74, 6) is 0. The molecule has 0 saturated carbocycles. The van der Waals surface area contributed by atoms with Crippen molar-refractivity contribution in [1.29, 1.82) is 0 Å². The van der Waals surface area contributed by atoms with Crippen LogP contribution in [0.3, 0.4) is 0 Å². The first-order valence-corrected chi connectivity index (χ1v) is 5.71. The maximum absolute atomic E-state index is 9.93. The topological polar surface area (TPSA) is 20.2 Å². The van der Waals surface area contributed by atoms with E-state index in [0.717, 1.165) is 5.57 Å². The van der Waals surface area contributed by atoms with E-state index >= 15 is 0 Å². The van der Waals surface area contributed by atoms with Crippen LogP contribution >= 0.6 is 0 Å². The molecular weight excluding hydrogens is 196 g/mol. The summed E-state index contributed by atoms with van der Waals surface area (Å²) >= 11 is 0. The fraction of sp³-hybridized carbons (Fsp3) is 0.467. The van der Waals surface area contributed by atoms with Gasteiger partial charge >= 0.3 is 0 Å². The van der Waals surface area contributed by atoms with Crippen molar-refractivity contribution in [2.24, 2.45) is 0 Å². The summed E-state index contributed by atoms with van der Waals surface area (Å²) < 4.78 is 0. The third-order valence-electron chi connectivity index (χ3n) is 3.33. The Morgan fingerprint density at radius 3 is 2.12 bits per heavy atom. The van der Waals surface area contributed by atoms with Crippen LogP contribution in [0.25, 0.3) is 6.08 Å². The standard InChI is InChI=1S/C15H22O/c1-10-7-8-11(2)14(13(10)4)9-12(3)15(5,6)16/h7-9,16H,1-6H3/b12-9+. The Morgan fingerprint density at radius 2 is 1.62 bits per heavy atom. The quantitative estimate of drug-likeness (QED) is 0.800. The normalized spacial score (nSPS) is 13.1. The first-order valence-electron chi connectivity index (χ1n) is 5.71. The van der Waals surface area contributed by atoms with E-state index in [1.54, 1.807) is 0 Å².